The van der Waals surface area contributed by atoms with Crippen LogP contribution in [-0.2, 0) is 12.0 Å². The quantitative estimate of drug-likeness (QED) is 0.856. The zero-order valence-electron chi connectivity index (χ0n) is 12.8. The van der Waals surface area contributed by atoms with Crippen LogP contribution >= 0.6 is 0 Å². The fourth-order valence-electron chi connectivity index (χ4n) is 2.04. The van der Waals surface area contributed by atoms with Gasteiger partial charge < -0.3 is 10.2 Å². The summed E-state index contributed by atoms with van der Waals surface area (Å²) in [6.45, 7) is 9.40. The van der Waals surface area contributed by atoms with Crippen LogP contribution < -0.4 is 0 Å². The number of nitrogens with zero attached hydrogens (tertiary/aromatic N) is 1. The number of benzene rings is 1. The highest BCUT2D eigenvalue weighted by Crippen LogP contribution is 2.25. The summed E-state index contributed by atoms with van der Waals surface area (Å²) >= 11 is 0. The monoisotopic (exact) mass is 265 g/mol. The smallest absolute Gasteiger partial charge is 0.0609 e. The van der Waals surface area contributed by atoms with Gasteiger partial charge in [-0.3, -0.25) is 4.90 Å². The lowest BCUT2D eigenvalue weighted by Gasteiger charge is -2.27. The Bertz CT molecular complexity index is 406. The van der Waals surface area contributed by atoms with Gasteiger partial charge in [0.2, 0.25) is 0 Å². The number of hydrogen-bond donors (Lipinski definition) is 2. The van der Waals surface area contributed by atoms with Gasteiger partial charge in [-0.05, 0) is 36.1 Å². The fourth-order valence-corrected chi connectivity index (χ4v) is 2.04. The Hall–Kier alpha value is -0.900. The Morgan fingerprint density at radius 3 is 2.21 bits per heavy atom. The van der Waals surface area contributed by atoms with E-state index in [4.69, 9.17) is 0 Å². The zero-order valence-corrected chi connectivity index (χ0v) is 12.8. The molecule has 0 heterocycles. The van der Waals surface area contributed by atoms with Gasteiger partial charge >= 0.3 is 0 Å². The maximum absolute atomic E-state index is 9.23. The largest absolute Gasteiger partial charge is 0.395 e. The summed E-state index contributed by atoms with van der Waals surface area (Å²) in [6.07, 6.45) is 0. The normalized spacial score (nSPS) is 12.5. The molecule has 3 heteroatoms. The van der Waals surface area contributed by atoms with Gasteiger partial charge in [0, 0.05) is 6.54 Å². The van der Waals surface area contributed by atoms with Gasteiger partial charge in [0.25, 0.3) is 0 Å². The first-order valence-corrected chi connectivity index (χ1v) is 6.81. The second-order valence-electron chi connectivity index (χ2n) is 6.33. The van der Waals surface area contributed by atoms with Gasteiger partial charge in [-0.2, -0.15) is 0 Å². The van der Waals surface area contributed by atoms with E-state index in [2.05, 4.69) is 45.9 Å². The molecule has 0 unspecified atom stereocenters. The Kier molecular flexibility index (Phi) is 5.53. The first-order valence-electron chi connectivity index (χ1n) is 6.81. The Morgan fingerprint density at radius 1 is 1.16 bits per heavy atom. The third kappa shape index (κ3) is 4.30. The summed E-state index contributed by atoms with van der Waals surface area (Å²) in [6, 6.07) is 6.36. The topological polar surface area (TPSA) is 43.7 Å². The van der Waals surface area contributed by atoms with Crippen LogP contribution in [0.1, 0.15) is 37.5 Å². The molecule has 0 saturated heterocycles. The number of aliphatic hydroxyl groups excluding tert-OH is 2. The Morgan fingerprint density at radius 2 is 1.74 bits per heavy atom. The van der Waals surface area contributed by atoms with E-state index in [0.717, 1.165) is 6.54 Å². The highest BCUT2D eigenvalue weighted by molar-refractivity contribution is 5.34. The van der Waals surface area contributed by atoms with Gasteiger partial charge in [-0.25, -0.2) is 0 Å². The molecule has 1 rings (SSSR count). The van der Waals surface area contributed by atoms with Gasteiger partial charge in [0.05, 0.1) is 19.3 Å². The number of rotatable bonds is 5. The van der Waals surface area contributed by atoms with Crippen molar-refractivity contribution in [3.63, 3.8) is 0 Å². The number of hydrogen-bond acceptors (Lipinski definition) is 3. The summed E-state index contributed by atoms with van der Waals surface area (Å²) in [7, 11) is 1.93. The first kappa shape index (κ1) is 16.2. The third-order valence-electron chi connectivity index (χ3n) is 3.68. The van der Waals surface area contributed by atoms with E-state index in [1.807, 2.05) is 11.9 Å². The molecule has 0 amide bonds. The maximum Gasteiger partial charge on any atom is 0.0609 e. The standard InChI is InChI=1S/C16H27NO2/c1-12-6-7-14(16(2,3)4)8-13(12)9-17(5)15(10-18)11-19/h6-8,15,18-19H,9-11H2,1-5H3. The minimum absolute atomic E-state index is 0.0228. The van der Waals surface area contributed by atoms with E-state index in [9.17, 15) is 10.2 Å². The fraction of sp³-hybridized carbons (Fsp3) is 0.625. The molecule has 0 aliphatic rings. The molecular formula is C16H27NO2. The average Bonchev–Trinajstić information content (AvgIpc) is 2.32. The Labute approximate surface area is 116 Å². The molecular weight excluding hydrogens is 238 g/mol. The van der Waals surface area contributed by atoms with Crippen LogP contribution in [0, 0.1) is 6.92 Å². The number of aryl methyl sites for hydroxylation is 1. The van der Waals surface area contributed by atoms with Gasteiger partial charge in [0.15, 0.2) is 0 Å². The van der Waals surface area contributed by atoms with Crippen molar-refractivity contribution in [1.82, 2.24) is 4.90 Å². The van der Waals surface area contributed by atoms with E-state index in [0.29, 0.717) is 0 Å². The highest BCUT2D eigenvalue weighted by Gasteiger charge is 2.17. The lowest BCUT2D eigenvalue weighted by Crippen LogP contribution is -2.37. The second kappa shape index (κ2) is 6.51. The summed E-state index contributed by atoms with van der Waals surface area (Å²) in [4.78, 5) is 1.99. The highest BCUT2D eigenvalue weighted by atomic mass is 16.3. The predicted molar refractivity (Wildman–Crippen MR) is 79.3 cm³/mol. The van der Waals surface area contributed by atoms with Crippen molar-refractivity contribution in [3.8, 4) is 0 Å². The van der Waals surface area contributed by atoms with Crippen molar-refractivity contribution in [2.45, 2.75) is 45.7 Å². The maximum atomic E-state index is 9.23. The molecule has 0 spiro atoms. The third-order valence-corrected chi connectivity index (χ3v) is 3.68. The van der Waals surface area contributed by atoms with Crippen molar-refractivity contribution in [2.24, 2.45) is 0 Å². The van der Waals surface area contributed by atoms with Crippen LogP contribution in [-0.4, -0.2) is 41.4 Å². The molecule has 1 aromatic carbocycles. The van der Waals surface area contributed by atoms with Crippen LogP contribution in [0.4, 0.5) is 0 Å². The summed E-state index contributed by atoms with van der Waals surface area (Å²) < 4.78 is 0. The molecule has 0 bridgehead atoms. The van der Waals surface area contributed by atoms with Crippen molar-refractivity contribution < 1.29 is 10.2 Å². The van der Waals surface area contributed by atoms with E-state index < -0.39 is 0 Å². The lowest BCUT2D eigenvalue weighted by atomic mass is 9.85. The molecule has 0 atom stereocenters. The molecule has 1 aromatic rings. The summed E-state index contributed by atoms with van der Waals surface area (Å²) in [5, 5.41) is 18.5. The van der Waals surface area contributed by atoms with E-state index in [1.165, 1.54) is 16.7 Å². The predicted octanol–water partition coefficient (Wildman–Crippen LogP) is 2.08. The van der Waals surface area contributed by atoms with Crippen molar-refractivity contribution in [3.05, 3.63) is 34.9 Å². The zero-order chi connectivity index (χ0) is 14.6. The SMILES string of the molecule is Cc1ccc(C(C)(C)C)cc1CN(C)C(CO)CO. The minimum Gasteiger partial charge on any atom is -0.395 e. The minimum atomic E-state index is -0.197. The van der Waals surface area contributed by atoms with Gasteiger partial charge in [-0.1, -0.05) is 39.0 Å². The lowest BCUT2D eigenvalue weighted by molar-refractivity contribution is 0.0872. The summed E-state index contributed by atoms with van der Waals surface area (Å²) in [5.41, 5.74) is 3.94. The van der Waals surface area contributed by atoms with E-state index in [-0.39, 0.29) is 24.7 Å². The molecule has 19 heavy (non-hydrogen) atoms. The molecule has 0 aromatic heterocycles. The van der Waals surface area contributed by atoms with Crippen LogP contribution in [0.3, 0.4) is 0 Å². The number of likely N-dealkylation sites (N-methyl/N-ethyl adjacent to an activating group) is 1. The molecule has 0 fully saturated rings. The molecule has 0 radical (unpaired) electrons. The van der Waals surface area contributed by atoms with Crippen molar-refractivity contribution in [1.29, 1.82) is 0 Å². The van der Waals surface area contributed by atoms with E-state index in [1.54, 1.807) is 0 Å². The average molecular weight is 265 g/mol. The Balaban J connectivity index is 2.94. The second-order valence-corrected chi connectivity index (χ2v) is 6.33. The van der Waals surface area contributed by atoms with Gasteiger partial charge in [-0.15, -0.1) is 0 Å². The first-order chi connectivity index (χ1) is 8.79. The summed E-state index contributed by atoms with van der Waals surface area (Å²) in [5.74, 6) is 0. The van der Waals surface area contributed by atoms with Crippen molar-refractivity contribution in [2.75, 3.05) is 20.3 Å². The number of aliphatic hydroxyl groups is 2. The van der Waals surface area contributed by atoms with Gasteiger partial charge in [0.1, 0.15) is 0 Å². The molecule has 0 aliphatic carbocycles. The van der Waals surface area contributed by atoms with Crippen LogP contribution in [0.5, 0.6) is 0 Å². The molecule has 2 N–H and O–H groups in total. The van der Waals surface area contributed by atoms with Crippen LogP contribution in [0.25, 0.3) is 0 Å². The molecule has 0 saturated carbocycles. The molecule has 0 aliphatic heterocycles. The van der Waals surface area contributed by atoms with Crippen molar-refractivity contribution >= 4 is 0 Å². The van der Waals surface area contributed by atoms with Crippen LogP contribution in [0.15, 0.2) is 18.2 Å². The molecule has 3 nitrogen and oxygen atoms in total. The molecule has 108 valence electrons. The van der Waals surface area contributed by atoms with Crippen LogP contribution in [0.2, 0.25) is 0 Å². The van der Waals surface area contributed by atoms with E-state index >= 15 is 0 Å².